The normalized spacial score (nSPS) is 14.2. The molecule has 3 aromatic rings. The van der Waals surface area contributed by atoms with Crippen LogP contribution in [0.25, 0.3) is 0 Å². The Bertz CT molecular complexity index is 1340. The molecule has 0 radical (unpaired) electrons. The molecule has 3 aromatic carbocycles. The highest BCUT2D eigenvalue weighted by Crippen LogP contribution is 2.25. The Kier molecular flexibility index (Phi) is 7.96. The van der Waals surface area contributed by atoms with E-state index in [1.807, 2.05) is 0 Å². The molecule has 0 bridgehead atoms. The van der Waals surface area contributed by atoms with Crippen LogP contribution in [-0.4, -0.2) is 33.3 Å². The first-order valence-corrected chi connectivity index (χ1v) is 13.6. The molecule has 1 aliphatic carbocycles. The molecule has 2 N–H and O–H groups in total. The van der Waals surface area contributed by atoms with E-state index < -0.39 is 15.9 Å². The number of nitrogens with zero attached hydrogens (tertiary/aromatic N) is 1. The zero-order valence-corrected chi connectivity index (χ0v) is 21.5. The zero-order chi connectivity index (χ0) is 25.7. The minimum absolute atomic E-state index is 0.110. The number of halogens is 1. The molecular weight excluding hydrogens is 498 g/mol. The van der Waals surface area contributed by atoms with Crippen LogP contribution in [0.15, 0.2) is 77.7 Å². The number of anilines is 2. The molecule has 4 rings (SSSR count). The average Bonchev–Trinajstić information content (AvgIpc) is 2.89. The average molecular weight is 526 g/mol. The fourth-order valence-electron chi connectivity index (χ4n) is 4.22. The van der Waals surface area contributed by atoms with Crippen molar-refractivity contribution in [1.29, 1.82) is 0 Å². The Morgan fingerprint density at radius 1 is 0.861 bits per heavy atom. The lowest BCUT2D eigenvalue weighted by atomic mass is 9.95. The third-order valence-electron chi connectivity index (χ3n) is 6.33. The van der Waals surface area contributed by atoms with Crippen molar-refractivity contribution in [2.24, 2.45) is 0 Å². The van der Waals surface area contributed by atoms with Crippen LogP contribution in [0.4, 0.5) is 11.4 Å². The van der Waals surface area contributed by atoms with Crippen molar-refractivity contribution in [3.8, 4) is 0 Å². The topological polar surface area (TPSA) is 95.6 Å². The lowest BCUT2D eigenvalue weighted by Crippen LogP contribution is -2.36. The van der Waals surface area contributed by atoms with Crippen molar-refractivity contribution in [3.05, 3.63) is 88.9 Å². The third-order valence-corrected chi connectivity index (χ3v) is 8.38. The van der Waals surface area contributed by atoms with Crippen LogP contribution in [0, 0.1) is 0 Å². The third kappa shape index (κ3) is 5.88. The minimum atomic E-state index is -3.79. The van der Waals surface area contributed by atoms with E-state index >= 15 is 0 Å². The van der Waals surface area contributed by atoms with Crippen LogP contribution in [0.1, 0.15) is 52.8 Å². The molecular formula is C27H28ClN3O4S. The number of amides is 2. The van der Waals surface area contributed by atoms with Crippen molar-refractivity contribution < 1.29 is 18.0 Å². The van der Waals surface area contributed by atoms with Gasteiger partial charge in [0, 0.05) is 23.7 Å². The number of para-hydroxylation sites is 1. The summed E-state index contributed by atoms with van der Waals surface area (Å²) in [4.78, 5) is 25.9. The minimum Gasteiger partial charge on any atom is -0.349 e. The molecule has 1 fully saturated rings. The molecule has 9 heteroatoms. The molecule has 0 aliphatic heterocycles. The summed E-state index contributed by atoms with van der Waals surface area (Å²) in [7, 11) is -2.34. The first-order valence-electron chi connectivity index (χ1n) is 11.8. The summed E-state index contributed by atoms with van der Waals surface area (Å²) < 4.78 is 27.0. The number of carbonyl (C=O) groups is 2. The quantitative estimate of drug-likeness (QED) is 0.427. The fraction of sp³-hybridized carbons (Fsp3) is 0.259. The van der Waals surface area contributed by atoms with E-state index in [0.29, 0.717) is 27.5 Å². The predicted octanol–water partition coefficient (Wildman–Crippen LogP) is 5.48. The van der Waals surface area contributed by atoms with Gasteiger partial charge in [0.05, 0.1) is 21.8 Å². The van der Waals surface area contributed by atoms with Crippen molar-refractivity contribution in [3.63, 3.8) is 0 Å². The van der Waals surface area contributed by atoms with E-state index in [2.05, 4.69) is 10.6 Å². The fourth-order valence-corrected chi connectivity index (χ4v) is 5.54. The smallest absolute Gasteiger partial charge is 0.264 e. The van der Waals surface area contributed by atoms with Gasteiger partial charge < -0.3 is 10.6 Å². The highest BCUT2D eigenvalue weighted by atomic mass is 35.5. The van der Waals surface area contributed by atoms with Gasteiger partial charge in [-0.2, -0.15) is 0 Å². The number of nitrogens with one attached hydrogen (secondary N) is 2. The monoisotopic (exact) mass is 525 g/mol. The maximum Gasteiger partial charge on any atom is 0.264 e. The molecule has 36 heavy (non-hydrogen) atoms. The molecule has 7 nitrogen and oxygen atoms in total. The summed E-state index contributed by atoms with van der Waals surface area (Å²) in [5, 5.41) is 6.33. The van der Waals surface area contributed by atoms with Gasteiger partial charge in [0.1, 0.15) is 0 Å². The van der Waals surface area contributed by atoms with E-state index in [0.717, 1.165) is 30.0 Å². The van der Waals surface area contributed by atoms with Crippen LogP contribution in [0.5, 0.6) is 0 Å². The summed E-state index contributed by atoms with van der Waals surface area (Å²) in [5.74, 6) is -0.607. The van der Waals surface area contributed by atoms with Crippen LogP contribution in [-0.2, 0) is 10.0 Å². The van der Waals surface area contributed by atoms with Crippen molar-refractivity contribution in [2.45, 2.75) is 43.0 Å². The Balaban J connectivity index is 1.46. The van der Waals surface area contributed by atoms with E-state index in [-0.39, 0.29) is 16.8 Å². The first-order chi connectivity index (χ1) is 17.3. The van der Waals surface area contributed by atoms with Gasteiger partial charge in [-0.3, -0.25) is 13.9 Å². The van der Waals surface area contributed by atoms with Gasteiger partial charge in [-0.1, -0.05) is 43.0 Å². The largest absolute Gasteiger partial charge is 0.349 e. The Labute approximate surface area is 216 Å². The summed E-state index contributed by atoms with van der Waals surface area (Å²) >= 11 is 5.87. The first kappa shape index (κ1) is 25.7. The standard InChI is InChI=1S/C27H28ClN3O4S/c1-31(36(34,35)23-17-13-20(28)14-18-23)22-15-11-19(12-16-22)26(32)30-25-10-6-5-9-24(25)27(33)29-21-7-3-2-4-8-21/h5-6,9-18,21H,2-4,7-8H2,1H3,(H,29,33)(H,30,32). The van der Waals surface area contributed by atoms with Gasteiger partial charge in [-0.05, 0) is 73.5 Å². The van der Waals surface area contributed by atoms with Gasteiger partial charge in [-0.15, -0.1) is 0 Å². The number of hydrogen-bond acceptors (Lipinski definition) is 4. The van der Waals surface area contributed by atoms with Crippen LogP contribution >= 0.6 is 11.6 Å². The number of rotatable bonds is 7. The molecule has 0 heterocycles. The maximum absolute atomic E-state index is 12.9. The lowest BCUT2D eigenvalue weighted by molar-refractivity contribution is 0.0928. The van der Waals surface area contributed by atoms with Gasteiger partial charge >= 0.3 is 0 Å². The van der Waals surface area contributed by atoms with Gasteiger partial charge in [-0.25, -0.2) is 8.42 Å². The molecule has 188 valence electrons. The summed E-state index contributed by atoms with van der Waals surface area (Å²) in [6.45, 7) is 0. The number of sulfonamides is 1. The van der Waals surface area contributed by atoms with E-state index in [9.17, 15) is 18.0 Å². The number of carbonyl (C=O) groups excluding carboxylic acids is 2. The molecule has 2 amide bonds. The summed E-state index contributed by atoms with van der Waals surface area (Å²) in [6, 6.07) is 19.2. The van der Waals surface area contributed by atoms with E-state index in [1.165, 1.54) is 37.7 Å². The highest BCUT2D eigenvalue weighted by molar-refractivity contribution is 7.92. The van der Waals surface area contributed by atoms with Crippen molar-refractivity contribution in [1.82, 2.24) is 5.32 Å². The molecule has 0 unspecified atom stereocenters. The molecule has 1 aliphatic rings. The molecule has 0 saturated heterocycles. The SMILES string of the molecule is CN(c1ccc(C(=O)Nc2ccccc2C(=O)NC2CCCCC2)cc1)S(=O)(=O)c1ccc(Cl)cc1. The van der Waals surface area contributed by atoms with Crippen LogP contribution in [0.3, 0.4) is 0 Å². The zero-order valence-electron chi connectivity index (χ0n) is 19.9. The van der Waals surface area contributed by atoms with Crippen molar-refractivity contribution >= 4 is 44.8 Å². The number of benzene rings is 3. The molecule has 0 aromatic heterocycles. The maximum atomic E-state index is 12.9. The lowest BCUT2D eigenvalue weighted by Gasteiger charge is -2.23. The Morgan fingerprint density at radius 3 is 2.17 bits per heavy atom. The Hall–Kier alpha value is -3.36. The van der Waals surface area contributed by atoms with Gasteiger partial charge in [0.2, 0.25) is 0 Å². The predicted molar refractivity (Wildman–Crippen MR) is 142 cm³/mol. The van der Waals surface area contributed by atoms with Crippen LogP contribution < -0.4 is 14.9 Å². The highest BCUT2D eigenvalue weighted by Gasteiger charge is 2.22. The van der Waals surface area contributed by atoms with E-state index in [1.54, 1.807) is 48.5 Å². The van der Waals surface area contributed by atoms with Gasteiger partial charge in [0.25, 0.3) is 21.8 Å². The second kappa shape index (κ2) is 11.1. The van der Waals surface area contributed by atoms with Crippen LogP contribution in [0.2, 0.25) is 5.02 Å². The number of hydrogen-bond donors (Lipinski definition) is 2. The van der Waals surface area contributed by atoms with E-state index in [4.69, 9.17) is 11.6 Å². The molecule has 1 saturated carbocycles. The second-order valence-corrected chi connectivity index (χ2v) is 11.2. The summed E-state index contributed by atoms with van der Waals surface area (Å²) in [5.41, 5.74) is 1.55. The van der Waals surface area contributed by atoms with Gasteiger partial charge in [0.15, 0.2) is 0 Å². The molecule has 0 atom stereocenters. The second-order valence-electron chi connectivity index (χ2n) is 8.78. The summed E-state index contributed by atoms with van der Waals surface area (Å²) in [6.07, 6.45) is 5.34. The van der Waals surface area contributed by atoms with Crippen molar-refractivity contribution in [2.75, 3.05) is 16.7 Å². The Morgan fingerprint density at radius 2 is 1.50 bits per heavy atom. The molecule has 0 spiro atoms.